The van der Waals surface area contributed by atoms with Gasteiger partial charge in [-0.2, -0.15) is 0 Å². The summed E-state index contributed by atoms with van der Waals surface area (Å²) in [5.74, 6) is 0. The van der Waals surface area contributed by atoms with Gasteiger partial charge in [-0.3, -0.25) is 0 Å². The maximum Gasteiger partial charge on any atom is -0.00518 e. The van der Waals surface area contributed by atoms with Crippen LogP contribution in [0.4, 0.5) is 0 Å². The standard InChI is InChI=1S/C14H23N/c1-3-6-13-8-10-14(11-9-13)7-4-5-12-15-2/h8-11,15H,3-7,12H2,1-2H3. The summed E-state index contributed by atoms with van der Waals surface area (Å²) >= 11 is 0. The molecule has 0 radical (unpaired) electrons. The predicted molar refractivity (Wildman–Crippen MR) is 67.3 cm³/mol. The van der Waals surface area contributed by atoms with Gasteiger partial charge in [0.25, 0.3) is 0 Å². The monoisotopic (exact) mass is 205 g/mol. The molecule has 1 rings (SSSR count). The van der Waals surface area contributed by atoms with Crippen LogP contribution in [0.25, 0.3) is 0 Å². The second-order valence-electron chi connectivity index (χ2n) is 4.13. The highest BCUT2D eigenvalue weighted by Crippen LogP contribution is 2.09. The van der Waals surface area contributed by atoms with Crippen LogP contribution in [0.2, 0.25) is 0 Å². The van der Waals surface area contributed by atoms with Gasteiger partial charge in [-0.05, 0) is 50.4 Å². The highest BCUT2D eigenvalue weighted by atomic mass is 14.8. The van der Waals surface area contributed by atoms with Crippen molar-refractivity contribution in [2.75, 3.05) is 13.6 Å². The molecule has 0 aliphatic heterocycles. The van der Waals surface area contributed by atoms with Gasteiger partial charge in [-0.1, -0.05) is 37.6 Å². The van der Waals surface area contributed by atoms with Crippen molar-refractivity contribution in [3.63, 3.8) is 0 Å². The third-order valence-corrected chi connectivity index (χ3v) is 2.70. The molecule has 1 aromatic carbocycles. The summed E-state index contributed by atoms with van der Waals surface area (Å²) < 4.78 is 0. The first-order valence-corrected chi connectivity index (χ1v) is 6.09. The van der Waals surface area contributed by atoms with E-state index in [-0.39, 0.29) is 0 Å². The molecule has 0 fully saturated rings. The van der Waals surface area contributed by atoms with E-state index in [1.165, 1.54) is 43.2 Å². The molecule has 1 N–H and O–H groups in total. The predicted octanol–water partition coefficient (Wildman–Crippen LogP) is 3.18. The lowest BCUT2D eigenvalue weighted by Gasteiger charge is -2.03. The number of hydrogen-bond acceptors (Lipinski definition) is 1. The van der Waals surface area contributed by atoms with Gasteiger partial charge >= 0.3 is 0 Å². The van der Waals surface area contributed by atoms with Crippen molar-refractivity contribution in [2.45, 2.75) is 39.0 Å². The summed E-state index contributed by atoms with van der Waals surface area (Å²) in [6.45, 7) is 3.36. The molecule has 0 heterocycles. The normalized spacial score (nSPS) is 10.5. The van der Waals surface area contributed by atoms with Crippen LogP contribution in [0.15, 0.2) is 24.3 Å². The Morgan fingerprint density at radius 2 is 1.53 bits per heavy atom. The maximum absolute atomic E-state index is 3.18. The van der Waals surface area contributed by atoms with Crippen molar-refractivity contribution < 1.29 is 0 Å². The molecule has 0 saturated carbocycles. The molecule has 1 heteroatoms. The number of nitrogens with one attached hydrogen (secondary N) is 1. The minimum atomic E-state index is 1.13. The zero-order chi connectivity index (χ0) is 10.9. The number of unbranched alkanes of at least 4 members (excludes halogenated alkanes) is 1. The zero-order valence-electron chi connectivity index (χ0n) is 10.1. The smallest absolute Gasteiger partial charge is 0.00518 e. The number of benzene rings is 1. The molecule has 0 saturated heterocycles. The minimum absolute atomic E-state index is 1.13. The fourth-order valence-electron chi connectivity index (χ4n) is 1.79. The third kappa shape index (κ3) is 4.98. The van der Waals surface area contributed by atoms with Crippen LogP contribution in [-0.4, -0.2) is 13.6 Å². The lowest BCUT2D eigenvalue weighted by Crippen LogP contribution is -2.07. The molecular formula is C14H23N. The molecule has 0 unspecified atom stereocenters. The van der Waals surface area contributed by atoms with Gasteiger partial charge in [-0.15, -0.1) is 0 Å². The van der Waals surface area contributed by atoms with E-state index in [2.05, 4.69) is 36.5 Å². The highest BCUT2D eigenvalue weighted by Gasteiger charge is 1.94. The van der Waals surface area contributed by atoms with E-state index in [9.17, 15) is 0 Å². The van der Waals surface area contributed by atoms with Crippen molar-refractivity contribution in [1.82, 2.24) is 5.32 Å². The lowest BCUT2D eigenvalue weighted by atomic mass is 10.0. The van der Waals surface area contributed by atoms with E-state index in [0.29, 0.717) is 0 Å². The van der Waals surface area contributed by atoms with Crippen LogP contribution >= 0.6 is 0 Å². The summed E-state index contributed by atoms with van der Waals surface area (Å²) in [4.78, 5) is 0. The Labute approximate surface area is 93.9 Å². The van der Waals surface area contributed by atoms with Crippen molar-refractivity contribution in [1.29, 1.82) is 0 Å². The Kier molecular flexibility index (Phi) is 6.10. The van der Waals surface area contributed by atoms with Crippen LogP contribution in [0.5, 0.6) is 0 Å². The van der Waals surface area contributed by atoms with E-state index < -0.39 is 0 Å². The van der Waals surface area contributed by atoms with Gasteiger partial charge in [0, 0.05) is 0 Å². The third-order valence-electron chi connectivity index (χ3n) is 2.70. The summed E-state index contributed by atoms with van der Waals surface area (Å²) in [5, 5.41) is 3.18. The first kappa shape index (κ1) is 12.3. The average molecular weight is 205 g/mol. The fourth-order valence-corrected chi connectivity index (χ4v) is 1.79. The molecule has 15 heavy (non-hydrogen) atoms. The summed E-state index contributed by atoms with van der Waals surface area (Å²) in [7, 11) is 2.01. The molecule has 0 aliphatic rings. The van der Waals surface area contributed by atoms with Gasteiger partial charge in [0.2, 0.25) is 0 Å². The topological polar surface area (TPSA) is 12.0 Å². The molecule has 0 aromatic heterocycles. The minimum Gasteiger partial charge on any atom is -0.320 e. The molecule has 1 nitrogen and oxygen atoms in total. The van der Waals surface area contributed by atoms with Crippen LogP contribution in [0.1, 0.15) is 37.3 Å². The van der Waals surface area contributed by atoms with Crippen molar-refractivity contribution in [2.24, 2.45) is 0 Å². The molecular weight excluding hydrogens is 182 g/mol. The van der Waals surface area contributed by atoms with E-state index in [1.807, 2.05) is 7.05 Å². The SMILES string of the molecule is CCCc1ccc(CCCCNC)cc1. The number of aryl methyl sites for hydroxylation is 2. The van der Waals surface area contributed by atoms with E-state index in [4.69, 9.17) is 0 Å². The van der Waals surface area contributed by atoms with Gasteiger partial charge in [-0.25, -0.2) is 0 Å². The molecule has 84 valence electrons. The Morgan fingerprint density at radius 1 is 0.933 bits per heavy atom. The molecule has 0 bridgehead atoms. The van der Waals surface area contributed by atoms with Crippen molar-refractivity contribution >= 4 is 0 Å². The largest absolute Gasteiger partial charge is 0.320 e. The summed E-state index contributed by atoms with van der Waals surface area (Å²) in [6, 6.07) is 9.11. The van der Waals surface area contributed by atoms with E-state index in [0.717, 1.165) is 6.54 Å². The second-order valence-corrected chi connectivity index (χ2v) is 4.13. The van der Waals surface area contributed by atoms with Crippen LogP contribution in [-0.2, 0) is 12.8 Å². The Morgan fingerprint density at radius 3 is 2.07 bits per heavy atom. The average Bonchev–Trinajstić information content (AvgIpc) is 2.27. The quantitative estimate of drug-likeness (QED) is 0.674. The van der Waals surface area contributed by atoms with Gasteiger partial charge in [0.05, 0.1) is 0 Å². The number of hydrogen-bond donors (Lipinski definition) is 1. The van der Waals surface area contributed by atoms with Crippen molar-refractivity contribution in [3.8, 4) is 0 Å². The zero-order valence-corrected chi connectivity index (χ0v) is 10.1. The molecule has 0 spiro atoms. The fraction of sp³-hybridized carbons (Fsp3) is 0.571. The molecule has 0 amide bonds. The Hall–Kier alpha value is -0.820. The molecule has 0 aliphatic carbocycles. The lowest BCUT2D eigenvalue weighted by molar-refractivity contribution is 0.677. The van der Waals surface area contributed by atoms with Crippen molar-refractivity contribution in [3.05, 3.63) is 35.4 Å². The van der Waals surface area contributed by atoms with Crippen LogP contribution < -0.4 is 5.32 Å². The molecule has 0 atom stereocenters. The summed E-state index contributed by atoms with van der Waals surface area (Å²) in [5.41, 5.74) is 2.95. The Bertz CT molecular complexity index is 251. The first-order valence-electron chi connectivity index (χ1n) is 6.09. The maximum atomic E-state index is 3.18. The number of rotatable bonds is 7. The molecule has 1 aromatic rings. The van der Waals surface area contributed by atoms with Gasteiger partial charge in [0.1, 0.15) is 0 Å². The highest BCUT2D eigenvalue weighted by molar-refractivity contribution is 5.22. The van der Waals surface area contributed by atoms with Gasteiger partial charge in [0.15, 0.2) is 0 Å². The van der Waals surface area contributed by atoms with Crippen LogP contribution in [0.3, 0.4) is 0 Å². The first-order chi connectivity index (χ1) is 7.36. The van der Waals surface area contributed by atoms with Gasteiger partial charge < -0.3 is 5.32 Å². The van der Waals surface area contributed by atoms with E-state index >= 15 is 0 Å². The van der Waals surface area contributed by atoms with E-state index in [1.54, 1.807) is 0 Å². The summed E-state index contributed by atoms with van der Waals surface area (Å²) in [6.07, 6.45) is 6.22. The van der Waals surface area contributed by atoms with Crippen LogP contribution in [0, 0.1) is 0 Å². The second kappa shape index (κ2) is 7.47. The Balaban J connectivity index is 2.29.